The number of amides is 1. The second-order valence-electron chi connectivity index (χ2n) is 5.39. The Labute approximate surface area is 136 Å². The van der Waals surface area contributed by atoms with Crippen LogP contribution in [-0.4, -0.2) is 40.0 Å². The zero-order valence-electron chi connectivity index (χ0n) is 12.5. The molecule has 126 valence electrons. The quantitative estimate of drug-likeness (QED) is 0.864. The molecule has 1 aliphatic heterocycles. The van der Waals surface area contributed by atoms with Crippen molar-refractivity contribution >= 4 is 5.91 Å². The van der Waals surface area contributed by atoms with Crippen molar-refractivity contribution in [3.63, 3.8) is 0 Å². The van der Waals surface area contributed by atoms with E-state index in [0.29, 0.717) is 19.5 Å². The fourth-order valence-electron chi connectivity index (χ4n) is 2.47. The highest BCUT2D eigenvalue weighted by molar-refractivity contribution is 5.93. The van der Waals surface area contributed by atoms with Crippen molar-refractivity contribution in [1.29, 1.82) is 0 Å². The standard InChI is InChI=1S/C16H14F3N3O2/c17-16(18,19)15-20-8-11(9-21-15)14(23)22-7-6-13(10-22)24-12-4-2-1-3-5-12/h1-5,8-9,13H,6-7,10H2. The second kappa shape index (κ2) is 6.46. The van der Waals surface area contributed by atoms with Crippen LogP contribution in [0.4, 0.5) is 13.2 Å². The molecule has 1 aliphatic rings. The van der Waals surface area contributed by atoms with Crippen molar-refractivity contribution in [3.05, 3.63) is 54.1 Å². The number of rotatable bonds is 3. The fourth-order valence-corrected chi connectivity index (χ4v) is 2.47. The van der Waals surface area contributed by atoms with Crippen molar-refractivity contribution in [2.45, 2.75) is 18.7 Å². The average Bonchev–Trinajstić information content (AvgIpc) is 3.03. The lowest BCUT2D eigenvalue weighted by Gasteiger charge is -2.17. The van der Waals surface area contributed by atoms with Crippen molar-refractivity contribution in [2.24, 2.45) is 0 Å². The number of carbonyl (C=O) groups excluding carboxylic acids is 1. The van der Waals surface area contributed by atoms with Crippen molar-refractivity contribution < 1.29 is 22.7 Å². The van der Waals surface area contributed by atoms with E-state index >= 15 is 0 Å². The summed E-state index contributed by atoms with van der Waals surface area (Å²) in [6.45, 7) is 0.839. The minimum absolute atomic E-state index is 0.0309. The molecule has 0 aliphatic carbocycles. The molecule has 1 aromatic carbocycles. The third-order valence-electron chi connectivity index (χ3n) is 3.63. The van der Waals surface area contributed by atoms with Crippen LogP contribution in [-0.2, 0) is 6.18 Å². The van der Waals surface area contributed by atoms with E-state index in [2.05, 4.69) is 9.97 Å². The number of carbonyl (C=O) groups is 1. The number of alkyl halides is 3. The molecule has 5 nitrogen and oxygen atoms in total. The van der Waals surface area contributed by atoms with Gasteiger partial charge in [0.2, 0.25) is 5.82 Å². The number of hydrogen-bond acceptors (Lipinski definition) is 4. The monoisotopic (exact) mass is 337 g/mol. The molecule has 3 rings (SSSR count). The van der Waals surface area contributed by atoms with Gasteiger partial charge >= 0.3 is 6.18 Å². The van der Waals surface area contributed by atoms with Gasteiger partial charge in [0.05, 0.1) is 12.1 Å². The number of nitrogens with zero attached hydrogens (tertiary/aromatic N) is 3. The van der Waals surface area contributed by atoms with Crippen LogP contribution in [0, 0.1) is 0 Å². The van der Waals surface area contributed by atoms with Crippen LogP contribution in [0.2, 0.25) is 0 Å². The molecule has 0 radical (unpaired) electrons. The average molecular weight is 337 g/mol. The molecule has 2 heterocycles. The molecule has 1 amide bonds. The lowest BCUT2D eigenvalue weighted by atomic mass is 10.3. The molecule has 0 N–H and O–H groups in total. The molecular weight excluding hydrogens is 323 g/mol. The van der Waals surface area contributed by atoms with Gasteiger partial charge in [0.15, 0.2) is 0 Å². The smallest absolute Gasteiger partial charge is 0.451 e. The summed E-state index contributed by atoms with van der Waals surface area (Å²) in [5.41, 5.74) is 0.0309. The minimum atomic E-state index is -4.62. The number of aromatic nitrogens is 2. The highest BCUT2D eigenvalue weighted by atomic mass is 19.4. The van der Waals surface area contributed by atoms with Crippen LogP contribution in [0.3, 0.4) is 0 Å². The Morgan fingerprint density at radius 2 is 1.83 bits per heavy atom. The van der Waals surface area contributed by atoms with Gasteiger partial charge < -0.3 is 9.64 Å². The number of halogens is 3. The summed E-state index contributed by atoms with van der Waals surface area (Å²) in [4.78, 5) is 20.3. The molecular formula is C16H14F3N3O2. The Hall–Kier alpha value is -2.64. The number of hydrogen-bond donors (Lipinski definition) is 0. The first-order chi connectivity index (χ1) is 11.4. The Kier molecular flexibility index (Phi) is 4.37. The van der Waals surface area contributed by atoms with E-state index in [1.807, 2.05) is 30.3 Å². The summed E-state index contributed by atoms with van der Waals surface area (Å²) in [7, 11) is 0. The van der Waals surface area contributed by atoms with Gasteiger partial charge in [-0.25, -0.2) is 9.97 Å². The van der Waals surface area contributed by atoms with Gasteiger partial charge in [-0.1, -0.05) is 18.2 Å². The first-order valence-electron chi connectivity index (χ1n) is 7.34. The van der Waals surface area contributed by atoms with Crippen molar-refractivity contribution in [3.8, 4) is 5.75 Å². The summed E-state index contributed by atoms with van der Waals surface area (Å²) >= 11 is 0. The Balaban J connectivity index is 1.62. The molecule has 0 saturated carbocycles. The third-order valence-corrected chi connectivity index (χ3v) is 3.63. The number of ether oxygens (including phenoxy) is 1. The first-order valence-corrected chi connectivity index (χ1v) is 7.34. The Bertz CT molecular complexity index is 705. The predicted molar refractivity (Wildman–Crippen MR) is 78.4 cm³/mol. The van der Waals surface area contributed by atoms with Gasteiger partial charge in [-0.05, 0) is 12.1 Å². The summed E-state index contributed by atoms with van der Waals surface area (Å²) < 4.78 is 43.1. The van der Waals surface area contributed by atoms with E-state index in [9.17, 15) is 18.0 Å². The number of benzene rings is 1. The number of likely N-dealkylation sites (tertiary alicyclic amines) is 1. The lowest BCUT2D eigenvalue weighted by molar-refractivity contribution is -0.145. The molecule has 1 unspecified atom stereocenters. The third kappa shape index (κ3) is 3.64. The molecule has 1 atom stereocenters. The fraction of sp³-hybridized carbons (Fsp3) is 0.312. The SMILES string of the molecule is O=C(c1cnc(C(F)(F)F)nc1)N1CCC(Oc2ccccc2)C1. The minimum Gasteiger partial charge on any atom is -0.489 e. The Morgan fingerprint density at radius 1 is 1.17 bits per heavy atom. The molecule has 8 heteroatoms. The maximum absolute atomic E-state index is 12.4. The number of para-hydroxylation sites is 1. The van der Waals surface area contributed by atoms with E-state index in [1.165, 1.54) is 4.90 Å². The second-order valence-corrected chi connectivity index (χ2v) is 5.39. The van der Waals surface area contributed by atoms with Crippen LogP contribution in [0.15, 0.2) is 42.7 Å². The van der Waals surface area contributed by atoms with Crippen LogP contribution in [0.1, 0.15) is 22.6 Å². The van der Waals surface area contributed by atoms with Crippen LogP contribution in [0.25, 0.3) is 0 Å². The highest BCUT2D eigenvalue weighted by Crippen LogP contribution is 2.25. The summed E-state index contributed by atoms with van der Waals surface area (Å²) in [5.74, 6) is -0.941. The van der Waals surface area contributed by atoms with E-state index in [1.54, 1.807) is 0 Å². The normalized spacial score (nSPS) is 17.8. The highest BCUT2D eigenvalue weighted by Gasteiger charge is 2.35. The van der Waals surface area contributed by atoms with Gasteiger partial charge in [0, 0.05) is 25.4 Å². The molecule has 24 heavy (non-hydrogen) atoms. The van der Waals surface area contributed by atoms with Gasteiger partial charge in [-0.15, -0.1) is 0 Å². The van der Waals surface area contributed by atoms with Gasteiger partial charge in [0.1, 0.15) is 11.9 Å². The van der Waals surface area contributed by atoms with Gasteiger partial charge in [0.25, 0.3) is 5.91 Å². The van der Waals surface area contributed by atoms with Gasteiger partial charge in [-0.2, -0.15) is 13.2 Å². The van der Waals surface area contributed by atoms with Gasteiger partial charge in [-0.3, -0.25) is 4.79 Å². The van der Waals surface area contributed by atoms with Crippen molar-refractivity contribution in [2.75, 3.05) is 13.1 Å². The largest absolute Gasteiger partial charge is 0.489 e. The molecule has 0 bridgehead atoms. The zero-order chi connectivity index (χ0) is 17.2. The van der Waals surface area contributed by atoms with E-state index in [4.69, 9.17) is 4.74 Å². The first kappa shape index (κ1) is 16.2. The zero-order valence-corrected chi connectivity index (χ0v) is 12.5. The summed E-state index contributed by atoms with van der Waals surface area (Å²) in [6.07, 6.45) is -2.30. The predicted octanol–water partition coefficient (Wildman–Crippen LogP) is 2.79. The van der Waals surface area contributed by atoms with E-state index in [0.717, 1.165) is 18.1 Å². The molecule has 2 aromatic rings. The van der Waals surface area contributed by atoms with Crippen LogP contribution >= 0.6 is 0 Å². The molecule has 1 saturated heterocycles. The summed E-state index contributed by atoms with van der Waals surface area (Å²) in [6, 6.07) is 9.24. The van der Waals surface area contributed by atoms with Crippen molar-refractivity contribution in [1.82, 2.24) is 14.9 Å². The van der Waals surface area contributed by atoms with E-state index < -0.39 is 17.9 Å². The maximum atomic E-state index is 12.4. The topological polar surface area (TPSA) is 55.3 Å². The summed E-state index contributed by atoms with van der Waals surface area (Å²) in [5, 5.41) is 0. The molecule has 1 aromatic heterocycles. The lowest BCUT2D eigenvalue weighted by Crippen LogP contribution is -2.31. The van der Waals surface area contributed by atoms with E-state index in [-0.39, 0.29) is 11.7 Å². The van der Waals surface area contributed by atoms with Crippen LogP contribution < -0.4 is 4.74 Å². The molecule has 0 spiro atoms. The maximum Gasteiger partial charge on any atom is 0.451 e. The Morgan fingerprint density at radius 3 is 2.46 bits per heavy atom. The molecule has 1 fully saturated rings. The van der Waals surface area contributed by atoms with Crippen LogP contribution in [0.5, 0.6) is 5.75 Å².